The van der Waals surface area contributed by atoms with Crippen LogP contribution in [-0.4, -0.2) is 32.9 Å². The maximum Gasteiger partial charge on any atom is 0.374 e. The lowest BCUT2D eigenvalue weighted by Crippen LogP contribution is -2.42. The summed E-state index contributed by atoms with van der Waals surface area (Å²) in [4.78, 5) is 28.0. The number of hydrogen-bond acceptors (Lipinski definition) is 3. The van der Waals surface area contributed by atoms with Gasteiger partial charge in [-0.15, -0.1) is 0 Å². The lowest BCUT2D eigenvalue weighted by atomic mass is 10.1. The summed E-state index contributed by atoms with van der Waals surface area (Å²) in [6, 6.07) is 4.29. The Morgan fingerprint density at radius 1 is 1.33 bits per heavy atom. The highest BCUT2D eigenvalue weighted by molar-refractivity contribution is 7.52. The zero-order valence-corrected chi connectivity index (χ0v) is 10.1. The first kappa shape index (κ1) is 14.8. The Balaban J connectivity index is 2.73. The topological polar surface area (TPSA) is 107 Å². The van der Waals surface area contributed by atoms with E-state index >= 15 is 0 Å². The summed E-state index contributed by atoms with van der Waals surface area (Å²) in [5.41, 5.74) is 0.621. The van der Waals surface area contributed by atoms with Crippen molar-refractivity contribution >= 4 is 13.6 Å². The number of rotatable bonds is 6. The fourth-order valence-electron chi connectivity index (χ4n) is 1.33. The zero-order chi connectivity index (χ0) is 13.8. The summed E-state index contributed by atoms with van der Waals surface area (Å²) < 4.78 is 23.7. The van der Waals surface area contributed by atoms with Crippen LogP contribution in [0.5, 0.6) is 0 Å². The van der Waals surface area contributed by atoms with Gasteiger partial charge in [0.05, 0.1) is 0 Å². The van der Waals surface area contributed by atoms with Gasteiger partial charge in [-0.2, -0.15) is 0 Å². The summed E-state index contributed by atoms with van der Waals surface area (Å²) in [5, 5.41) is 10.6. The quantitative estimate of drug-likeness (QED) is 0.450. The molecule has 18 heavy (non-hydrogen) atoms. The van der Waals surface area contributed by atoms with Crippen molar-refractivity contribution in [2.45, 2.75) is 18.5 Å². The van der Waals surface area contributed by atoms with Crippen LogP contribution < -0.4 is 5.32 Å². The number of carbonyl (C=O) groups is 1. The van der Waals surface area contributed by atoms with Crippen molar-refractivity contribution in [3.05, 3.63) is 35.9 Å². The van der Waals surface area contributed by atoms with Crippen LogP contribution in [-0.2, 0) is 15.8 Å². The van der Waals surface area contributed by atoms with Crippen LogP contribution in [0.15, 0.2) is 30.3 Å². The molecular weight excluding hydrogens is 264 g/mol. The SMILES string of the molecule is O=C(O)C(Cc1ccccc1)NC(F)P(=O)(O)O. The molecule has 0 spiro atoms. The molecule has 8 heteroatoms. The van der Waals surface area contributed by atoms with Crippen LogP contribution in [0, 0.1) is 0 Å². The molecule has 0 aliphatic carbocycles. The van der Waals surface area contributed by atoms with E-state index in [1.165, 1.54) is 0 Å². The molecule has 0 heterocycles. The number of benzene rings is 1. The van der Waals surface area contributed by atoms with Gasteiger partial charge in [0, 0.05) is 0 Å². The lowest BCUT2D eigenvalue weighted by Gasteiger charge is -2.18. The third kappa shape index (κ3) is 4.54. The Labute approximate surface area is 103 Å². The number of carboxylic acids is 1. The number of halogens is 1. The van der Waals surface area contributed by atoms with Crippen LogP contribution in [0.3, 0.4) is 0 Å². The Morgan fingerprint density at radius 2 is 1.89 bits per heavy atom. The van der Waals surface area contributed by atoms with Gasteiger partial charge in [-0.3, -0.25) is 14.7 Å². The smallest absolute Gasteiger partial charge is 0.374 e. The predicted molar refractivity (Wildman–Crippen MR) is 61.6 cm³/mol. The Bertz CT molecular complexity index is 449. The van der Waals surface area contributed by atoms with Gasteiger partial charge < -0.3 is 14.9 Å². The second-order valence-corrected chi connectivity index (χ2v) is 5.30. The molecule has 0 radical (unpaired) electrons. The maximum absolute atomic E-state index is 13.1. The number of carboxylic acid groups (broad SMARTS) is 1. The summed E-state index contributed by atoms with van der Waals surface area (Å²) >= 11 is 0. The van der Waals surface area contributed by atoms with Gasteiger partial charge in [0.25, 0.3) is 6.04 Å². The third-order valence-electron chi connectivity index (χ3n) is 2.21. The molecule has 1 aromatic rings. The molecule has 2 unspecified atom stereocenters. The summed E-state index contributed by atoms with van der Waals surface area (Å²) in [6.45, 7) is 0. The maximum atomic E-state index is 13.1. The first-order chi connectivity index (χ1) is 8.30. The van der Waals surface area contributed by atoms with Gasteiger partial charge in [0.15, 0.2) is 0 Å². The van der Waals surface area contributed by atoms with E-state index in [4.69, 9.17) is 14.9 Å². The highest BCUT2D eigenvalue weighted by Gasteiger charge is 2.33. The molecule has 0 amide bonds. The van der Waals surface area contributed by atoms with Gasteiger partial charge in [-0.1, -0.05) is 30.3 Å². The van der Waals surface area contributed by atoms with Gasteiger partial charge in [-0.25, -0.2) is 4.39 Å². The third-order valence-corrected chi connectivity index (χ3v) is 2.95. The number of aliphatic carboxylic acids is 1. The van der Waals surface area contributed by atoms with Crippen LogP contribution in [0.4, 0.5) is 4.39 Å². The highest BCUT2D eigenvalue weighted by atomic mass is 31.2. The molecule has 0 fully saturated rings. The molecule has 6 nitrogen and oxygen atoms in total. The fourth-order valence-corrected chi connectivity index (χ4v) is 1.70. The van der Waals surface area contributed by atoms with Gasteiger partial charge in [0.2, 0.25) is 0 Å². The van der Waals surface area contributed by atoms with E-state index in [0.717, 1.165) is 0 Å². The lowest BCUT2D eigenvalue weighted by molar-refractivity contribution is -0.139. The molecule has 0 bridgehead atoms. The van der Waals surface area contributed by atoms with Crippen LogP contribution >= 0.6 is 7.60 Å². The monoisotopic (exact) mass is 277 g/mol. The standard InChI is InChI=1S/C10H13FNO5P/c11-10(18(15,16)17)12-8(9(13)14)6-7-4-2-1-3-5-7/h1-5,8,10,12H,6H2,(H,13,14)(H2,15,16,17). The fraction of sp³-hybridized carbons (Fsp3) is 0.300. The normalized spacial score (nSPS) is 15.1. The molecule has 0 aliphatic heterocycles. The minimum Gasteiger partial charge on any atom is -0.480 e. The summed E-state index contributed by atoms with van der Waals surface area (Å²) in [5.74, 6) is -1.38. The van der Waals surface area contributed by atoms with Crippen LogP contribution in [0.25, 0.3) is 0 Å². The van der Waals surface area contributed by atoms with Gasteiger partial charge in [-0.05, 0) is 12.0 Å². The summed E-state index contributed by atoms with van der Waals surface area (Å²) in [7, 11) is -5.00. The average Bonchev–Trinajstić information content (AvgIpc) is 2.28. The van der Waals surface area contributed by atoms with Gasteiger partial charge >= 0.3 is 13.6 Å². The molecule has 2 atom stereocenters. The second kappa shape index (κ2) is 6.06. The molecule has 0 aliphatic rings. The van der Waals surface area contributed by atoms with E-state index in [1.807, 2.05) is 0 Å². The van der Waals surface area contributed by atoms with E-state index in [0.29, 0.717) is 5.56 Å². The van der Waals surface area contributed by atoms with E-state index in [-0.39, 0.29) is 6.42 Å². The second-order valence-electron chi connectivity index (χ2n) is 3.67. The largest absolute Gasteiger partial charge is 0.480 e. The zero-order valence-electron chi connectivity index (χ0n) is 9.23. The molecule has 0 saturated carbocycles. The van der Waals surface area contributed by atoms with Crippen LogP contribution in [0.1, 0.15) is 5.56 Å². The summed E-state index contributed by atoms with van der Waals surface area (Å²) in [6.07, 6.45) is -0.0728. The molecular formula is C10H13FNO5P. The van der Waals surface area contributed by atoms with Gasteiger partial charge in [0.1, 0.15) is 6.04 Å². The van der Waals surface area contributed by atoms with E-state index in [2.05, 4.69) is 0 Å². The van der Waals surface area contributed by atoms with Crippen molar-refractivity contribution in [3.63, 3.8) is 0 Å². The van der Waals surface area contributed by atoms with Crippen molar-refractivity contribution in [2.75, 3.05) is 0 Å². The first-order valence-electron chi connectivity index (χ1n) is 5.03. The van der Waals surface area contributed by atoms with E-state index in [1.54, 1.807) is 35.6 Å². The molecule has 1 aromatic carbocycles. The Hall–Kier alpha value is -1.27. The Morgan fingerprint density at radius 3 is 2.33 bits per heavy atom. The molecule has 4 N–H and O–H groups in total. The Kier molecular flexibility index (Phi) is 4.98. The van der Waals surface area contributed by atoms with E-state index in [9.17, 15) is 13.8 Å². The predicted octanol–water partition coefficient (Wildman–Crippen LogP) is 0.703. The minimum absolute atomic E-state index is 0.0728. The van der Waals surface area contributed by atoms with Crippen molar-refractivity contribution in [1.82, 2.24) is 5.32 Å². The van der Waals surface area contributed by atoms with Crippen molar-refractivity contribution in [1.29, 1.82) is 0 Å². The average molecular weight is 277 g/mol. The number of alkyl halides is 1. The molecule has 100 valence electrons. The van der Waals surface area contributed by atoms with Crippen molar-refractivity contribution < 1.29 is 28.6 Å². The first-order valence-corrected chi connectivity index (χ1v) is 6.71. The van der Waals surface area contributed by atoms with Crippen molar-refractivity contribution in [3.8, 4) is 0 Å². The molecule has 0 saturated heterocycles. The number of hydrogen-bond donors (Lipinski definition) is 4. The van der Waals surface area contributed by atoms with E-state index < -0.39 is 25.6 Å². The molecule has 1 rings (SSSR count). The minimum atomic E-state index is -5.00. The van der Waals surface area contributed by atoms with Crippen molar-refractivity contribution in [2.24, 2.45) is 0 Å². The highest BCUT2D eigenvalue weighted by Crippen LogP contribution is 2.40. The number of nitrogens with one attached hydrogen (secondary N) is 1. The van der Waals surface area contributed by atoms with Crippen LogP contribution in [0.2, 0.25) is 0 Å². The molecule has 0 aromatic heterocycles.